The van der Waals surface area contributed by atoms with Crippen LogP contribution in [0.1, 0.15) is 51.0 Å². The minimum atomic E-state index is -0.755. The van der Waals surface area contributed by atoms with E-state index < -0.39 is 11.8 Å². The Morgan fingerprint density at radius 2 is 1.67 bits per heavy atom. The first kappa shape index (κ1) is 24.6. The van der Waals surface area contributed by atoms with Crippen molar-refractivity contribution in [3.63, 3.8) is 0 Å². The summed E-state index contributed by atoms with van der Waals surface area (Å²) in [5.41, 5.74) is 3.55. The van der Waals surface area contributed by atoms with Gasteiger partial charge in [0.15, 0.2) is 0 Å². The van der Waals surface area contributed by atoms with Crippen LogP contribution < -0.4 is 4.74 Å². The lowest BCUT2D eigenvalue weighted by atomic mass is 9.93. The fourth-order valence-electron chi connectivity index (χ4n) is 3.82. The van der Waals surface area contributed by atoms with Crippen LogP contribution in [-0.4, -0.2) is 5.97 Å². The molecule has 0 saturated heterocycles. The molecule has 0 amide bonds. The van der Waals surface area contributed by atoms with Crippen molar-refractivity contribution in [1.29, 1.82) is 5.26 Å². The molecule has 0 aromatic heterocycles. The Morgan fingerprint density at radius 3 is 2.33 bits per heavy atom. The standard InChI is InChI=1S/C31H23F2NO2/c1-21(24-5-3-2-4-6-24)17-23-10-12-25(29(32)18-23)11-7-22-8-13-26(14-9-22)31(35)36-28-16-15-27(20-34)30(33)19-28/h2-16,18-19,21H,17H2,1H3/t21-/m0/s1. The third kappa shape index (κ3) is 6.11. The number of nitrogens with zero attached hydrogens (tertiary/aromatic N) is 1. The van der Waals surface area contributed by atoms with Crippen molar-refractivity contribution in [2.75, 3.05) is 0 Å². The molecule has 4 aromatic rings. The molecular formula is C31H23F2NO2. The van der Waals surface area contributed by atoms with Crippen molar-refractivity contribution in [2.24, 2.45) is 0 Å². The highest BCUT2D eigenvalue weighted by Gasteiger charge is 2.11. The Morgan fingerprint density at radius 1 is 0.917 bits per heavy atom. The number of benzene rings is 4. The summed E-state index contributed by atoms with van der Waals surface area (Å²) < 4.78 is 33.6. The van der Waals surface area contributed by atoms with Gasteiger partial charge in [0.25, 0.3) is 0 Å². The van der Waals surface area contributed by atoms with Crippen molar-refractivity contribution in [3.8, 4) is 11.8 Å². The van der Waals surface area contributed by atoms with Crippen LogP contribution in [0.5, 0.6) is 5.75 Å². The monoisotopic (exact) mass is 479 g/mol. The Kier molecular flexibility index (Phi) is 7.67. The van der Waals surface area contributed by atoms with E-state index in [0.29, 0.717) is 5.56 Å². The molecule has 0 aliphatic heterocycles. The minimum Gasteiger partial charge on any atom is -0.423 e. The molecule has 36 heavy (non-hydrogen) atoms. The largest absolute Gasteiger partial charge is 0.423 e. The zero-order chi connectivity index (χ0) is 25.5. The van der Waals surface area contributed by atoms with Gasteiger partial charge in [-0.15, -0.1) is 0 Å². The molecular weight excluding hydrogens is 456 g/mol. The van der Waals surface area contributed by atoms with Gasteiger partial charge in [0.1, 0.15) is 23.5 Å². The summed E-state index contributed by atoms with van der Waals surface area (Å²) in [7, 11) is 0. The van der Waals surface area contributed by atoms with Crippen LogP contribution in [0.2, 0.25) is 0 Å². The lowest BCUT2D eigenvalue weighted by Crippen LogP contribution is -2.08. The molecule has 0 N–H and O–H groups in total. The molecule has 0 saturated carbocycles. The van der Waals surface area contributed by atoms with E-state index in [-0.39, 0.29) is 28.6 Å². The number of carbonyl (C=O) groups is 1. The number of nitriles is 1. The fraction of sp³-hybridized carbons (Fsp3) is 0.0968. The third-order valence-electron chi connectivity index (χ3n) is 5.85. The van der Waals surface area contributed by atoms with Gasteiger partial charge in [-0.05, 0) is 59.4 Å². The second-order valence-corrected chi connectivity index (χ2v) is 8.47. The number of halogens is 2. The van der Waals surface area contributed by atoms with Gasteiger partial charge in [0.05, 0.1) is 11.1 Å². The summed E-state index contributed by atoms with van der Waals surface area (Å²) in [5.74, 6) is -1.40. The highest BCUT2D eigenvalue weighted by Crippen LogP contribution is 2.23. The fourth-order valence-corrected chi connectivity index (χ4v) is 3.82. The molecule has 0 aliphatic rings. The van der Waals surface area contributed by atoms with Crippen LogP contribution >= 0.6 is 0 Å². The van der Waals surface area contributed by atoms with Crippen molar-refractivity contribution in [2.45, 2.75) is 19.3 Å². The summed E-state index contributed by atoms with van der Waals surface area (Å²) in [6.45, 7) is 2.13. The van der Waals surface area contributed by atoms with Gasteiger partial charge >= 0.3 is 5.97 Å². The van der Waals surface area contributed by atoms with Crippen LogP contribution in [0.25, 0.3) is 12.2 Å². The van der Waals surface area contributed by atoms with Crippen molar-refractivity contribution >= 4 is 18.1 Å². The summed E-state index contributed by atoms with van der Waals surface area (Å²) in [5, 5.41) is 8.79. The maximum atomic E-state index is 14.7. The summed E-state index contributed by atoms with van der Waals surface area (Å²) >= 11 is 0. The lowest BCUT2D eigenvalue weighted by molar-refractivity contribution is 0.0734. The first-order valence-electron chi connectivity index (χ1n) is 11.5. The van der Waals surface area contributed by atoms with Crippen LogP contribution in [0.15, 0.2) is 91.0 Å². The first-order valence-corrected chi connectivity index (χ1v) is 11.5. The molecule has 5 heteroatoms. The Balaban J connectivity index is 1.38. The smallest absolute Gasteiger partial charge is 0.343 e. The second-order valence-electron chi connectivity index (χ2n) is 8.47. The molecule has 3 nitrogen and oxygen atoms in total. The summed E-state index contributed by atoms with van der Waals surface area (Å²) in [6.07, 6.45) is 4.19. The van der Waals surface area contributed by atoms with Gasteiger partial charge in [0.2, 0.25) is 0 Å². The van der Waals surface area contributed by atoms with E-state index in [4.69, 9.17) is 10.00 Å². The third-order valence-corrected chi connectivity index (χ3v) is 5.85. The zero-order valence-corrected chi connectivity index (χ0v) is 19.6. The van der Waals surface area contributed by atoms with Crippen molar-refractivity contribution < 1.29 is 18.3 Å². The van der Waals surface area contributed by atoms with Crippen LogP contribution in [0.4, 0.5) is 8.78 Å². The molecule has 0 spiro atoms. The Bertz CT molecular complexity index is 1440. The summed E-state index contributed by atoms with van der Waals surface area (Å²) in [6, 6.07) is 27.3. The maximum Gasteiger partial charge on any atom is 0.343 e. The van der Waals surface area contributed by atoms with E-state index in [0.717, 1.165) is 23.6 Å². The highest BCUT2D eigenvalue weighted by atomic mass is 19.1. The Hall–Kier alpha value is -4.56. The van der Waals surface area contributed by atoms with Gasteiger partial charge in [-0.1, -0.05) is 73.7 Å². The van der Waals surface area contributed by atoms with Gasteiger partial charge in [-0.2, -0.15) is 5.26 Å². The molecule has 0 heterocycles. The van der Waals surface area contributed by atoms with Gasteiger partial charge in [-0.25, -0.2) is 13.6 Å². The lowest BCUT2D eigenvalue weighted by Gasteiger charge is -2.12. The predicted octanol–water partition coefficient (Wildman–Crippen LogP) is 7.57. The topological polar surface area (TPSA) is 50.1 Å². The Labute approximate surface area is 208 Å². The average molecular weight is 480 g/mol. The quantitative estimate of drug-likeness (QED) is 0.156. The first-order chi connectivity index (χ1) is 17.4. The molecule has 4 rings (SSSR count). The maximum absolute atomic E-state index is 14.7. The minimum absolute atomic E-state index is 0.0116. The van der Waals surface area contributed by atoms with Crippen LogP contribution in [0, 0.1) is 23.0 Å². The van der Waals surface area contributed by atoms with E-state index in [9.17, 15) is 13.6 Å². The van der Waals surface area contributed by atoms with Crippen molar-refractivity contribution in [3.05, 3.63) is 136 Å². The van der Waals surface area contributed by atoms with Crippen LogP contribution in [-0.2, 0) is 6.42 Å². The molecule has 0 aliphatic carbocycles. The SMILES string of the molecule is C[C@@H](Cc1ccc(C=Cc2ccc(C(=O)Oc3ccc(C#N)c(F)c3)cc2)c(F)c1)c1ccccc1. The number of esters is 1. The predicted molar refractivity (Wildman–Crippen MR) is 136 cm³/mol. The molecule has 1 atom stereocenters. The number of hydrogen-bond acceptors (Lipinski definition) is 3. The average Bonchev–Trinajstić information content (AvgIpc) is 2.89. The van der Waals surface area contributed by atoms with E-state index in [1.54, 1.807) is 54.6 Å². The van der Waals surface area contributed by atoms with E-state index in [1.165, 1.54) is 17.7 Å². The zero-order valence-electron chi connectivity index (χ0n) is 19.6. The number of hydrogen-bond donors (Lipinski definition) is 0. The van der Waals surface area contributed by atoms with Crippen LogP contribution in [0.3, 0.4) is 0 Å². The highest BCUT2D eigenvalue weighted by molar-refractivity contribution is 5.91. The normalized spacial score (nSPS) is 11.7. The van der Waals surface area contributed by atoms with E-state index in [2.05, 4.69) is 19.1 Å². The van der Waals surface area contributed by atoms with E-state index >= 15 is 0 Å². The number of ether oxygens (including phenoxy) is 1. The second kappa shape index (κ2) is 11.2. The van der Waals surface area contributed by atoms with E-state index in [1.807, 2.05) is 24.3 Å². The van der Waals surface area contributed by atoms with Gasteiger partial charge in [0, 0.05) is 11.6 Å². The molecule has 0 bridgehead atoms. The number of rotatable bonds is 7. The molecule has 0 fully saturated rings. The van der Waals surface area contributed by atoms with Gasteiger partial charge < -0.3 is 4.74 Å². The molecule has 4 aromatic carbocycles. The molecule has 178 valence electrons. The van der Waals surface area contributed by atoms with Crippen molar-refractivity contribution in [1.82, 2.24) is 0 Å². The summed E-state index contributed by atoms with van der Waals surface area (Å²) in [4.78, 5) is 12.3. The van der Waals surface area contributed by atoms with Gasteiger partial charge in [-0.3, -0.25) is 0 Å². The number of carbonyl (C=O) groups excluding carboxylic acids is 1. The molecule has 0 unspecified atom stereocenters. The molecule has 0 radical (unpaired) electrons.